The molecule has 0 unspecified atom stereocenters. The summed E-state index contributed by atoms with van der Waals surface area (Å²) < 4.78 is 41.9. The highest BCUT2D eigenvalue weighted by molar-refractivity contribution is 14.1. The molecule has 3 heterocycles. The molecular formula is C26H32F2IN4O2P. The van der Waals surface area contributed by atoms with Crippen molar-refractivity contribution in [2.45, 2.75) is 44.4 Å². The maximum Gasteiger partial charge on any atom is 0.251 e. The predicted octanol–water partition coefficient (Wildman–Crippen LogP) is 5.32. The summed E-state index contributed by atoms with van der Waals surface area (Å²) >= 11 is 2.25. The van der Waals surface area contributed by atoms with Crippen LogP contribution in [0.2, 0.25) is 0 Å². The third-order valence-corrected chi connectivity index (χ3v) is 10.4. The summed E-state index contributed by atoms with van der Waals surface area (Å²) in [7, 11) is -2.73. The van der Waals surface area contributed by atoms with Crippen molar-refractivity contribution in [3.05, 3.63) is 33.4 Å². The molecule has 2 N–H and O–H groups in total. The van der Waals surface area contributed by atoms with Crippen molar-refractivity contribution >= 4 is 52.4 Å². The monoisotopic (exact) mass is 628 g/mol. The Kier molecular flexibility index (Phi) is 6.63. The molecule has 2 saturated heterocycles. The molecule has 36 heavy (non-hydrogen) atoms. The lowest BCUT2D eigenvalue weighted by atomic mass is 9.92. The van der Waals surface area contributed by atoms with Crippen LogP contribution >= 0.6 is 29.7 Å². The zero-order valence-electron chi connectivity index (χ0n) is 20.7. The molecule has 1 saturated carbocycles. The summed E-state index contributed by atoms with van der Waals surface area (Å²) in [4.78, 5) is 21.6. The van der Waals surface area contributed by atoms with Gasteiger partial charge in [0.1, 0.15) is 13.0 Å². The van der Waals surface area contributed by atoms with Gasteiger partial charge in [0, 0.05) is 48.2 Å². The highest BCUT2D eigenvalue weighted by Gasteiger charge is 2.45. The average molecular weight is 628 g/mol. The number of halogens is 3. The molecule has 194 valence electrons. The van der Waals surface area contributed by atoms with Crippen LogP contribution in [0.1, 0.15) is 48.9 Å². The van der Waals surface area contributed by atoms with Crippen LogP contribution in [0, 0.1) is 8.99 Å². The third kappa shape index (κ3) is 5.02. The van der Waals surface area contributed by atoms with Crippen molar-refractivity contribution in [2.24, 2.45) is 11.1 Å². The van der Waals surface area contributed by atoms with Gasteiger partial charge >= 0.3 is 0 Å². The second kappa shape index (κ2) is 9.22. The molecule has 6 nitrogen and oxygen atoms in total. The summed E-state index contributed by atoms with van der Waals surface area (Å²) in [6.45, 7) is 5.34. The fraction of sp³-hybridized carbons (Fsp3) is 0.538. The first-order valence-corrected chi connectivity index (χ1v) is 16.1. The van der Waals surface area contributed by atoms with Crippen molar-refractivity contribution < 1.29 is 18.1 Å². The molecular weight excluding hydrogens is 596 g/mol. The lowest BCUT2D eigenvalue weighted by molar-refractivity contribution is -0.0221. The highest BCUT2D eigenvalue weighted by atomic mass is 127. The van der Waals surface area contributed by atoms with E-state index in [-0.39, 0.29) is 25.9 Å². The van der Waals surface area contributed by atoms with E-state index in [1.165, 1.54) is 12.8 Å². The van der Waals surface area contributed by atoms with Crippen molar-refractivity contribution in [1.82, 2.24) is 4.98 Å². The van der Waals surface area contributed by atoms with Crippen LogP contribution in [0.5, 0.6) is 0 Å². The molecule has 3 aliphatic rings. The van der Waals surface area contributed by atoms with E-state index in [1.54, 1.807) is 19.4 Å². The Balaban J connectivity index is 1.62. The molecule has 5 rings (SSSR count). The fourth-order valence-corrected chi connectivity index (χ4v) is 7.32. The van der Waals surface area contributed by atoms with Crippen LogP contribution < -0.4 is 20.8 Å². The van der Waals surface area contributed by atoms with Crippen molar-refractivity contribution in [3.8, 4) is 11.3 Å². The predicted molar refractivity (Wildman–Crippen MR) is 150 cm³/mol. The van der Waals surface area contributed by atoms with Gasteiger partial charge in [0.2, 0.25) is 0 Å². The SMILES string of the molecule is CP(C)(=O)c1ccc(-c2c(I)ccc(C(N)=O)c2N2CCC3(CC2)CC3)nc1N1CCC(F)(F)CC1. The van der Waals surface area contributed by atoms with Gasteiger partial charge in [-0.1, -0.05) is 0 Å². The van der Waals surface area contributed by atoms with Gasteiger partial charge in [0.15, 0.2) is 0 Å². The van der Waals surface area contributed by atoms with Crippen LogP contribution in [0.4, 0.5) is 20.3 Å². The Labute approximate surface area is 224 Å². The Morgan fingerprint density at radius 1 is 0.972 bits per heavy atom. The lowest BCUT2D eigenvalue weighted by Crippen LogP contribution is -2.41. The number of rotatable bonds is 5. The Bertz CT molecular complexity index is 1240. The van der Waals surface area contributed by atoms with Gasteiger partial charge in [-0.15, -0.1) is 0 Å². The number of carbonyl (C=O) groups excluding carboxylic acids is 1. The van der Waals surface area contributed by atoms with E-state index >= 15 is 0 Å². The second-order valence-electron chi connectivity index (χ2n) is 10.9. The Morgan fingerprint density at radius 2 is 1.58 bits per heavy atom. The highest BCUT2D eigenvalue weighted by Crippen LogP contribution is 2.54. The largest absolute Gasteiger partial charge is 0.370 e. The lowest BCUT2D eigenvalue weighted by Gasteiger charge is -2.36. The number of piperidine rings is 2. The maximum atomic E-state index is 13.9. The van der Waals surface area contributed by atoms with E-state index < -0.39 is 19.0 Å². The van der Waals surface area contributed by atoms with Crippen LogP contribution in [-0.2, 0) is 4.57 Å². The number of hydrogen-bond acceptors (Lipinski definition) is 5. The van der Waals surface area contributed by atoms with Crippen LogP contribution in [0.3, 0.4) is 0 Å². The van der Waals surface area contributed by atoms with Gasteiger partial charge in [-0.05, 0) is 91.3 Å². The molecule has 2 aliphatic heterocycles. The van der Waals surface area contributed by atoms with Gasteiger partial charge in [0.05, 0.1) is 22.2 Å². The second-order valence-corrected chi connectivity index (χ2v) is 15.2. The number of alkyl halides is 2. The Morgan fingerprint density at radius 3 is 2.14 bits per heavy atom. The fourth-order valence-electron chi connectivity index (χ4n) is 5.50. The minimum atomic E-state index is -2.73. The van der Waals surface area contributed by atoms with E-state index in [0.29, 0.717) is 27.8 Å². The number of anilines is 2. The summed E-state index contributed by atoms with van der Waals surface area (Å²) in [5.41, 5.74) is 9.00. The number of nitrogens with zero attached hydrogens (tertiary/aromatic N) is 3. The molecule has 0 bridgehead atoms. The first-order valence-electron chi connectivity index (χ1n) is 12.5. The van der Waals surface area contributed by atoms with Crippen LogP contribution in [0.25, 0.3) is 11.3 Å². The number of pyridine rings is 1. The number of carbonyl (C=O) groups is 1. The summed E-state index contributed by atoms with van der Waals surface area (Å²) in [5, 5.41) is 0.590. The summed E-state index contributed by atoms with van der Waals surface area (Å²) in [6, 6.07) is 7.30. The number of primary amides is 1. The molecule has 0 atom stereocenters. The molecule has 1 spiro atoms. The Hall–Kier alpha value is -1.74. The zero-order chi connectivity index (χ0) is 25.9. The molecule has 1 amide bonds. The average Bonchev–Trinajstić information content (AvgIpc) is 3.57. The van der Waals surface area contributed by atoms with Crippen LogP contribution in [0.15, 0.2) is 24.3 Å². The number of amides is 1. The van der Waals surface area contributed by atoms with Gasteiger partial charge in [-0.3, -0.25) is 4.79 Å². The molecule has 1 aliphatic carbocycles. The normalized spacial score (nSPS) is 21.0. The van der Waals surface area contributed by atoms with Gasteiger partial charge in [-0.2, -0.15) is 0 Å². The standard InChI is InChI=1S/C26H32F2IN4O2P/c1-36(2,35)20-6-5-19(31-24(20)33-15-11-26(27,28)12-16-33)21-18(29)4-3-17(23(30)34)22(21)32-13-9-25(7-8-25)10-14-32/h3-6H,7-16H2,1-2H3,(H2,30,34). The number of benzene rings is 1. The summed E-state index contributed by atoms with van der Waals surface area (Å²) in [5.74, 6) is -2.68. The minimum absolute atomic E-state index is 0.149. The smallest absolute Gasteiger partial charge is 0.251 e. The van der Waals surface area contributed by atoms with Crippen molar-refractivity contribution in [1.29, 1.82) is 0 Å². The number of hydrogen-bond donors (Lipinski definition) is 1. The molecule has 0 radical (unpaired) electrons. The van der Waals surface area contributed by atoms with Gasteiger partial charge < -0.3 is 20.1 Å². The third-order valence-electron chi connectivity index (χ3n) is 7.98. The van der Waals surface area contributed by atoms with E-state index in [2.05, 4.69) is 27.5 Å². The number of nitrogens with two attached hydrogens (primary N) is 1. The quantitative estimate of drug-likeness (QED) is 0.359. The van der Waals surface area contributed by atoms with Gasteiger partial charge in [-0.25, -0.2) is 13.8 Å². The molecule has 2 aromatic rings. The van der Waals surface area contributed by atoms with Crippen molar-refractivity contribution in [3.63, 3.8) is 0 Å². The summed E-state index contributed by atoms with van der Waals surface area (Å²) in [6.07, 6.45) is 4.21. The van der Waals surface area contributed by atoms with E-state index in [1.807, 2.05) is 23.1 Å². The molecule has 1 aromatic heterocycles. The molecule has 1 aromatic carbocycles. The van der Waals surface area contributed by atoms with E-state index in [9.17, 15) is 18.1 Å². The first-order chi connectivity index (χ1) is 16.9. The maximum absolute atomic E-state index is 13.9. The first kappa shape index (κ1) is 25.9. The van der Waals surface area contributed by atoms with Gasteiger partial charge in [0.25, 0.3) is 11.8 Å². The van der Waals surface area contributed by atoms with Crippen molar-refractivity contribution in [2.75, 3.05) is 49.3 Å². The number of aromatic nitrogens is 1. The molecule has 3 fully saturated rings. The van der Waals surface area contributed by atoms with E-state index in [0.717, 1.165) is 40.8 Å². The van der Waals surface area contributed by atoms with E-state index in [4.69, 9.17) is 10.7 Å². The minimum Gasteiger partial charge on any atom is -0.370 e. The molecule has 10 heteroatoms. The zero-order valence-corrected chi connectivity index (χ0v) is 23.7. The van der Waals surface area contributed by atoms with Crippen LogP contribution in [-0.4, -0.2) is 56.3 Å². The topological polar surface area (TPSA) is 79.5 Å².